The van der Waals surface area contributed by atoms with Crippen LogP contribution in [0.3, 0.4) is 0 Å². The minimum atomic E-state index is -1.70. The lowest BCUT2D eigenvalue weighted by Gasteiger charge is -2.30. The van der Waals surface area contributed by atoms with Crippen molar-refractivity contribution in [2.75, 3.05) is 0 Å². The van der Waals surface area contributed by atoms with E-state index in [4.69, 9.17) is 4.43 Å². The standard InChI is InChI=1S/C22H27BrOSi/c1-22(18-10-11-18,19-12-14-20(23)15-13-19)16-21(24-25(2,3)4)17-8-6-5-7-9-17/h5-9,12-16,18H,10-11H2,1-4H3/b21-16-. The third-order valence-electron chi connectivity index (χ3n) is 4.80. The van der Waals surface area contributed by atoms with E-state index in [0.717, 1.165) is 10.2 Å². The molecule has 1 saturated carbocycles. The molecule has 0 heterocycles. The van der Waals surface area contributed by atoms with Gasteiger partial charge in [-0.1, -0.05) is 65.3 Å². The van der Waals surface area contributed by atoms with E-state index < -0.39 is 8.32 Å². The van der Waals surface area contributed by atoms with Crippen LogP contribution in [0.5, 0.6) is 0 Å². The van der Waals surface area contributed by atoms with Crippen molar-refractivity contribution in [3.8, 4) is 0 Å². The SMILES string of the molecule is CC(/C=C(\O[Si](C)(C)C)c1ccccc1)(c1ccc(Br)cc1)C1CC1. The predicted molar refractivity (Wildman–Crippen MR) is 113 cm³/mol. The van der Waals surface area contributed by atoms with Crippen molar-refractivity contribution in [1.29, 1.82) is 0 Å². The molecule has 0 aromatic heterocycles. The van der Waals surface area contributed by atoms with Gasteiger partial charge in [0.2, 0.25) is 8.32 Å². The van der Waals surface area contributed by atoms with Crippen molar-refractivity contribution in [2.45, 2.75) is 44.8 Å². The molecule has 1 aliphatic rings. The molecule has 0 saturated heterocycles. The molecule has 0 aliphatic heterocycles. The van der Waals surface area contributed by atoms with E-state index in [9.17, 15) is 0 Å². The van der Waals surface area contributed by atoms with Crippen LogP contribution in [0.4, 0.5) is 0 Å². The quantitative estimate of drug-likeness (QED) is 0.364. The first-order valence-corrected chi connectivity index (χ1v) is 13.2. The number of halogens is 1. The number of hydrogen-bond acceptors (Lipinski definition) is 1. The molecule has 1 atom stereocenters. The van der Waals surface area contributed by atoms with Crippen LogP contribution in [0.1, 0.15) is 30.9 Å². The van der Waals surface area contributed by atoms with Crippen molar-refractivity contribution in [1.82, 2.24) is 0 Å². The van der Waals surface area contributed by atoms with Crippen LogP contribution in [-0.4, -0.2) is 8.32 Å². The van der Waals surface area contributed by atoms with Gasteiger partial charge in [-0.3, -0.25) is 0 Å². The molecule has 0 bridgehead atoms. The number of rotatable bonds is 6. The van der Waals surface area contributed by atoms with E-state index >= 15 is 0 Å². The maximum absolute atomic E-state index is 6.53. The summed E-state index contributed by atoms with van der Waals surface area (Å²) in [4.78, 5) is 0. The summed E-state index contributed by atoms with van der Waals surface area (Å²) in [6.45, 7) is 9.11. The first kappa shape index (κ1) is 18.5. The van der Waals surface area contributed by atoms with Gasteiger partial charge in [0, 0.05) is 15.5 Å². The maximum atomic E-state index is 6.53. The monoisotopic (exact) mass is 414 g/mol. The molecule has 2 aromatic rings. The maximum Gasteiger partial charge on any atom is 0.242 e. The normalized spacial score (nSPS) is 17.9. The van der Waals surface area contributed by atoms with Gasteiger partial charge in [0.05, 0.1) is 0 Å². The molecule has 0 amide bonds. The summed E-state index contributed by atoms with van der Waals surface area (Å²) < 4.78 is 7.66. The van der Waals surface area contributed by atoms with Crippen LogP contribution in [0.15, 0.2) is 65.1 Å². The second kappa shape index (κ2) is 7.12. The summed E-state index contributed by atoms with van der Waals surface area (Å²) in [6, 6.07) is 19.3. The molecule has 1 nitrogen and oxygen atoms in total. The van der Waals surface area contributed by atoms with Crippen LogP contribution < -0.4 is 0 Å². The Morgan fingerprint density at radius 1 is 1.04 bits per heavy atom. The summed E-state index contributed by atoms with van der Waals surface area (Å²) in [6.07, 6.45) is 4.97. The highest BCUT2D eigenvalue weighted by molar-refractivity contribution is 9.10. The Kier molecular flexibility index (Phi) is 5.26. The van der Waals surface area contributed by atoms with E-state index in [2.05, 4.69) is 103 Å². The second-order valence-corrected chi connectivity index (χ2v) is 13.5. The van der Waals surface area contributed by atoms with Crippen molar-refractivity contribution >= 4 is 30.0 Å². The van der Waals surface area contributed by atoms with E-state index in [1.807, 2.05) is 0 Å². The Balaban J connectivity index is 2.07. The van der Waals surface area contributed by atoms with E-state index in [1.165, 1.54) is 24.0 Å². The largest absolute Gasteiger partial charge is 0.544 e. The summed E-state index contributed by atoms with van der Waals surface area (Å²) >= 11 is 3.56. The highest BCUT2D eigenvalue weighted by Gasteiger charge is 2.42. The summed E-state index contributed by atoms with van der Waals surface area (Å²) in [7, 11) is -1.70. The Bertz CT molecular complexity index is 742. The Hall–Kier alpha value is -1.32. The smallest absolute Gasteiger partial charge is 0.242 e. The molecule has 0 spiro atoms. The summed E-state index contributed by atoms with van der Waals surface area (Å²) in [5, 5.41) is 0. The number of allylic oxidation sites excluding steroid dienone is 1. The molecule has 0 radical (unpaired) electrons. The van der Waals surface area contributed by atoms with Crippen molar-refractivity contribution < 1.29 is 4.43 Å². The van der Waals surface area contributed by atoms with E-state index in [-0.39, 0.29) is 5.41 Å². The first-order valence-electron chi connectivity index (χ1n) is 9.01. The van der Waals surface area contributed by atoms with Gasteiger partial charge in [-0.25, -0.2) is 0 Å². The third kappa shape index (κ3) is 4.65. The van der Waals surface area contributed by atoms with Crippen LogP contribution in [0.2, 0.25) is 19.6 Å². The van der Waals surface area contributed by atoms with Gasteiger partial charge in [0.25, 0.3) is 0 Å². The van der Waals surface area contributed by atoms with E-state index in [1.54, 1.807) is 0 Å². The van der Waals surface area contributed by atoms with Gasteiger partial charge in [-0.2, -0.15) is 0 Å². The molecular weight excluding hydrogens is 388 g/mol. The van der Waals surface area contributed by atoms with Crippen molar-refractivity contribution in [3.63, 3.8) is 0 Å². The summed E-state index contributed by atoms with van der Waals surface area (Å²) in [5.41, 5.74) is 2.55. The topological polar surface area (TPSA) is 9.23 Å². The lowest BCUT2D eigenvalue weighted by Crippen LogP contribution is -2.27. The zero-order valence-electron chi connectivity index (χ0n) is 15.6. The average Bonchev–Trinajstić information content (AvgIpc) is 3.39. The highest BCUT2D eigenvalue weighted by Crippen LogP contribution is 2.49. The Morgan fingerprint density at radius 3 is 2.16 bits per heavy atom. The zero-order valence-corrected chi connectivity index (χ0v) is 18.1. The molecule has 1 aliphatic carbocycles. The lowest BCUT2D eigenvalue weighted by molar-refractivity contribution is 0.475. The number of hydrogen-bond donors (Lipinski definition) is 0. The molecular formula is C22H27BrOSi. The predicted octanol–water partition coefficient (Wildman–Crippen LogP) is 7.01. The fourth-order valence-corrected chi connectivity index (χ4v) is 4.41. The van der Waals surface area contributed by atoms with Crippen molar-refractivity contribution in [2.24, 2.45) is 5.92 Å². The third-order valence-corrected chi connectivity index (χ3v) is 6.16. The Labute approximate surface area is 161 Å². The van der Waals surface area contributed by atoms with Crippen LogP contribution in [0.25, 0.3) is 5.76 Å². The highest BCUT2D eigenvalue weighted by atomic mass is 79.9. The summed E-state index contributed by atoms with van der Waals surface area (Å²) in [5.74, 6) is 1.73. The average molecular weight is 415 g/mol. The first-order chi connectivity index (χ1) is 11.8. The van der Waals surface area contributed by atoms with Crippen LogP contribution in [-0.2, 0) is 9.84 Å². The van der Waals surface area contributed by atoms with Gasteiger partial charge in [-0.05, 0) is 62.2 Å². The van der Waals surface area contributed by atoms with Gasteiger partial charge in [0.1, 0.15) is 5.76 Å². The van der Waals surface area contributed by atoms with Crippen LogP contribution >= 0.6 is 15.9 Å². The minimum Gasteiger partial charge on any atom is -0.544 e. The molecule has 3 heteroatoms. The second-order valence-electron chi connectivity index (χ2n) is 8.15. The molecule has 132 valence electrons. The van der Waals surface area contributed by atoms with Gasteiger partial charge in [-0.15, -0.1) is 0 Å². The number of benzene rings is 2. The molecule has 0 N–H and O–H groups in total. The molecule has 1 fully saturated rings. The molecule has 25 heavy (non-hydrogen) atoms. The lowest BCUT2D eigenvalue weighted by atomic mass is 9.77. The molecule has 3 rings (SSSR count). The fourth-order valence-electron chi connectivity index (χ4n) is 3.31. The van der Waals surface area contributed by atoms with E-state index in [0.29, 0.717) is 5.92 Å². The van der Waals surface area contributed by atoms with Gasteiger partial charge < -0.3 is 4.43 Å². The molecule has 2 aromatic carbocycles. The van der Waals surface area contributed by atoms with Crippen LogP contribution in [0, 0.1) is 5.92 Å². The Morgan fingerprint density at radius 2 is 1.64 bits per heavy atom. The van der Waals surface area contributed by atoms with Gasteiger partial charge in [0.15, 0.2) is 0 Å². The van der Waals surface area contributed by atoms with Gasteiger partial charge >= 0.3 is 0 Å². The fraction of sp³-hybridized carbons (Fsp3) is 0.364. The van der Waals surface area contributed by atoms with Crippen molar-refractivity contribution in [3.05, 3.63) is 76.3 Å². The minimum absolute atomic E-state index is 0.00548. The zero-order chi connectivity index (χ0) is 18.1. The molecule has 1 unspecified atom stereocenters.